The number of aromatic nitrogens is 1. The van der Waals surface area contributed by atoms with E-state index in [1.165, 1.54) is 7.11 Å². The number of aromatic amines is 1. The van der Waals surface area contributed by atoms with Crippen LogP contribution >= 0.6 is 0 Å². The average Bonchev–Trinajstić information content (AvgIpc) is 2.71. The van der Waals surface area contributed by atoms with Crippen molar-refractivity contribution in [2.45, 2.75) is 6.92 Å². The number of hydrogen-bond acceptors (Lipinski definition) is 5. The molecule has 0 aliphatic heterocycles. The molecule has 19 heavy (non-hydrogen) atoms. The van der Waals surface area contributed by atoms with Gasteiger partial charge in [0.15, 0.2) is 5.69 Å². The number of ether oxygens (including phenoxy) is 2. The SMILES string of the molecule is CCOC(=O)N=Nc1c(O)[nH]c2ccc(OC)cc12. The standard InChI is InChI=1S/C12H13N3O4/c1-3-19-12(17)15-14-10-8-6-7(18-2)4-5-9(8)13-11(10)16/h4-6,13,16H,3H2,1-2H3. The molecule has 0 atom stereocenters. The van der Waals surface area contributed by atoms with Crippen LogP contribution in [0.2, 0.25) is 0 Å². The van der Waals surface area contributed by atoms with Gasteiger partial charge in [0.2, 0.25) is 5.88 Å². The molecule has 1 aromatic heterocycles. The number of amides is 1. The van der Waals surface area contributed by atoms with Crippen molar-refractivity contribution in [1.29, 1.82) is 0 Å². The normalized spacial score (nSPS) is 11.1. The van der Waals surface area contributed by atoms with Gasteiger partial charge in [-0.2, -0.15) is 0 Å². The molecule has 1 amide bonds. The van der Waals surface area contributed by atoms with Crippen molar-refractivity contribution >= 4 is 22.7 Å². The Bertz CT molecular complexity index is 633. The molecule has 1 heterocycles. The summed E-state index contributed by atoms with van der Waals surface area (Å²) in [5.41, 5.74) is 0.832. The maximum absolute atomic E-state index is 11.1. The molecule has 2 aromatic rings. The molecular weight excluding hydrogens is 250 g/mol. The largest absolute Gasteiger partial charge is 0.497 e. The van der Waals surface area contributed by atoms with E-state index < -0.39 is 6.09 Å². The lowest BCUT2D eigenvalue weighted by atomic mass is 10.2. The molecule has 2 rings (SSSR count). The molecule has 0 aliphatic rings. The Balaban J connectivity index is 2.41. The van der Waals surface area contributed by atoms with Crippen LogP contribution in [0.25, 0.3) is 10.9 Å². The van der Waals surface area contributed by atoms with E-state index in [4.69, 9.17) is 4.74 Å². The summed E-state index contributed by atoms with van der Waals surface area (Å²) >= 11 is 0. The second kappa shape index (κ2) is 5.38. The number of methoxy groups -OCH3 is 1. The summed E-state index contributed by atoms with van der Waals surface area (Å²) < 4.78 is 9.71. The number of carbonyl (C=O) groups excluding carboxylic acids is 1. The van der Waals surface area contributed by atoms with Crippen LogP contribution in [-0.4, -0.2) is 29.9 Å². The maximum Gasteiger partial charge on any atom is 0.452 e. The second-order valence-corrected chi connectivity index (χ2v) is 3.63. The Kier molecular flexibility index (Phi) is 3.65. The number of carbonyl (C=O) groups is 1. The van der Waals surface area contributed by atoms with E-state index in [1.54, 1.807) is 25.1 Å². The van der Waals surface area contributed by atoms with Crippen LogP contribution in [-0.2, 0) is 4.74 Å². The first-order valence-corrected chi connectivity index (χ1v) is 5.63. The molecule has 0 unspecified atom stereocenters. The fraction of sp³-hybridized carbons (Fsp3) is 0.250. The van der Waals surface area contributed by atoms with Crippen molar-refractivity contribution in [3.05, 3.63) is 18.2 Å². The van der Waals surface area contributed by atoms with Crippen LogP contribution in [0, 0.1) is 0 Å². The lowest BCUT2D eigenvalue weighted by Gasteiger charge is -1.98. The predicted octanol–water partition coefficient (Wildman–Crippen LogP) is 3.12. The van der Waals surface area contributed by atoms with E-state index in [0.717, 1.165) is 0 Å². The van der Waals surface area contributed by atoms with Gasteiger partial charge in [-0.1, -0.05) is 5.11 Å². The van der Waals surface area contributed by atoms with Gasteiger partial charge in [0.05, 0.1) is 19.2 Å². The quantitative estimate of drug-likeness (QED) is 0.831. The van der Waals surface area contributed by atoms with Crippen molar-refractivity contribution in [3.8, 4) is 11.6 Å². The number of aromatic hydroxyl groups is 1. The minimum Gasteiger partial charge on any atom is -0.497 e. The summed E-state index contributed by atoms with van der Waals surface area (Å²) in [7, 11) is 1.54. The Hall–Kier alpha value is -2.57. The highest BCUT2D eigenvalue weighted by atomic mass is 16.5. The van der Waals surface area contributed by atoms with Gasteiger partial charge in [0.1, 0.15) is 5.75 Å². The van der Waals surface area contributed by atoms with E-state index in [1.807, 2.05) is 0 Å². The second-order valence-electron chi connectivity index (χ2n) is 3.63. The number of nitrogens with zero attached hydrogens (tertiary/aromatic N) is 2. The lowest BCUT2D eigenvalue weighted by Crippen LogP contribution is -1.95. The third-order valence-corrected chi connectivity index (χ3v) is 2.46. The molecule has 0 aliphatic carbocycles. The fourth-order valence-electron chi connectivity index (χ4n) is 1.61. The zero-order valence-corrected chi connectivity index (χ0v) is 10.5. The van der Waals surface area contributed by atoms with Gasteiger partial charge < -0.3 is 19.6 Å². The first-order valence-electron chi connectivity index (χ1n) is 5.63. The van der Waals surface area contributed by atoms with Gasteiger partial charge in [-0.15, -0.1) is 5.11 Å². The van der Waals surface area contributed by atoms with Gasteiger partial charge in [-0.3, -0.25) is 0 Å². The van der Waals surface area contributed by atoms with Crippen LogP contribution in [0.4, 0.5) is 10.5 Å². The summed E-state index contributed by atoms with van der Waals surface area (Å²) in [6, 6.07) is 5.16. The van der Waals surface area contributed by atoms with Crippen LogP contribution < -0.4 is 4.74 Å². The van der Waals surface area contributed by atoms with Crippen LogP contribution in [0.5, 0.6) is 11.6 Å². The maximum atomic E-state index is 11.1. The number of rotatable bonds is 3. The number of fused-ring (bicyclic) bond motifs is 1. The van der Waals surface area contributed by atoms with Gasteiger partial charge in [-0.05, 0) is 25.1 Å². The van der Waals surface area contributed by atoms with E-state index in [9.17, 15) is 9.90 Å². The van der Waals surface area contributed by atoms with Crippen molar-refractivity contribution in [2.75, 3.05) is 13.7 Å². The first kappa shape index (κ1) is 12.9. The minimum absolute atomic E-state index is 0.168. The zero-order chi connectivity index (χ0) is 13.8. The third kappa shape index (κ3) is 2.65. The molecule has 0 bridgehead atoms. The third-order valence-electron chi connectivity index (χ3n) is 2.46. The summed E-state index contributed by atoms with van der Waals surface area (Å²) in [4.78, 5) is 13.8. The molecule has 0 saturated carbocycles. The predicted molar refractivity (Wildman–Crippen MR) is 68.1 cm³/mol. The van der Waals surface area contributed by atoms with E-state index in [0.29, 0.717) is 16.7 Å². The zero-order valence-electron chi connectivity index (χ0n) is 10.5. The van der Waals surface area contributed by atoms with Gasteiger partial charge in [0.25, 0.3) is 0 Å². The lowest BCUT2D eigenvalue weighted by molar-refractivity contribution is 0.162. The van der Waals surface area contributed by atoms with Gasteiger partial charge >= 0.3 is 6.09 Å². The Labute approximate surface area is 108 Å². The number of nitrogens with one attached hydrogen (secondary N) is 1. The number of benzene rings is 1. The Morgan fingerprint density at radius 1 is 1.47 bits per heavy atom. The first-order chi connectivity index (χ1) is 9.15. The minimum atomic E-state index is -0.806. The van der Waals surface area contributed by atoms with Crippen LogP contribution in [0.15, 0.2) is 28.4 Å². The van der Waals surface area contributed by atoms with Crippen molar-refractivity contribution in [1.82, 2.24) is 4.98 Å². The smallest absolute Gasteiger partial charge is 0.452 e. The number of azo groups is 1. The molecule has 7 heteroatoms. The molecule has 0 radical (unpaired) electrons. The summed E-state index contributed by atoms with van der Waals surface area (Å²) in [6.45, 7) is 1.88. The summed E-state index contributed by atoms with van der Waals surface area (Å²) in [6.07, 6.45) is -0.806. The molecule has 7 nitrogen and oxygen atoms in total. The molecule has 0 fully saturated rings. The highest BCUT2D eigenvalue weighted by Gasteiger charge is 2.12. The van der Waals surface area contributed by atoms with Gasteiger partial charge in [-0.25, -0.2) is 4.79 Å². The fourth-order valence-corrected chi connectivity index (χ4v) is 1.61. The van der Waals surface area contributed by atoms with Crippen LogP contribution in [0.1, 0.15) is 6.92 Å². The Morgan fingerprint density at radius 3 is 2.95 bits per heavy atom. The van der Waals surface area contributed by atoms with Gasteiger partial charge in [0, 0.05) is 5.39 Å². The Morgan fingerprint density at radius 2 is 2.26 bits per heavy atom. The molecule has 0 saturated heterocycles. The molecule has 1 aromatic carbocycles. The van der Waals surface area contributed by atoms with Crippen molar-refractivity contribution in [3.63, 3.8) is 0 Å². The summed E-state index contributed by atoms with van der Waals surface area (Å²) in [5, 5.41) is 17.4. The molecule has 2 N–H and O–H groups in total. The molecule has 0 spiro atoms. The topological polar surface area (TPSA) is 96.3 Å². The number of hydrogen-bond donors (Lipinski definition) is 2. The monoisotopic (exact) mass is 263 g/mol. The highest BCUT2D eigenvalue weighted by Crippen LogP contribution is 2.37. The number of H-pyrrole nitrogens is 1. The van der Waals surface area contributed by atoms with E-state index in [-0.39, 0.29) is 18.2 Å². The average molecular weight is 263 g/mol. The van der Waals surface area contributed by atoms with Crippen molar-refractivity contribution < 1.29 is 19.4 Å². The molecule has 100 valence electrons. The van der Waals surface area contributed by atoms with Crippen molar-refractivity contribution in [2.24, 2.45) is 10.2 Å². The van der Waals surface area contributed by atoms with E-state index in [2.05, 4.69) is 19.9 Å². The molecular formula is C12H13N3O4. The highest BCUT2D eigenvalue weighted by molar-refractivity contribution is 5.95. The van der Waals surface area contributed by atoms with Crippen LogP contribution in [0.3, 0.4) is 0 Å². The summed E-state index contributed by atoms with van der Waals surface area (Å²) in [5.74, 6) is 0.440. The van der Waals surface area contributed by atoms with E-state index >= 15 is 0 Å².